The zero-order valence-electron chi connectivity index (χ0n) is 9.36. The maximum Gasteiger partial charge on any atom is 0.320 e. The van der Waals surface area contributed by atoms with E-state index in [9.17, 15) is 4.79 Å². The van der Waals surface area contributed by atoms with E-state index >= 15 is 0 Å². The van der Waals surface area contributed by atoms with Crippen molar-refractivity contribution in [2.75, 3.05) is 7.05 Å². The predicted octanol–water partition coefficient (Wildman–Crippen LogP) is 1.88. The Morgan fingerprint density at radius 2 is 2.27 bits per heavy atom. The molecule has 0 spiro atoms. The van der Waals surface area contributed by atoms with Crippen LogP contribution in [0, 0.1) is 6.92 Å². The summed E-state index contributed by atoms with van der Waals surface area (Å²) in [5, 5.41) is 8.95. The molecule has 1 heterocycles. The van der Waals surface area contributed by atoms with Gasteiger partial charge in [0.15, 0.2) is 0 Å². The van der Waals surface area contributed by atoms with Crippen LogP contribution in [0.1, 0.15) is 24.9 Å². The van der Waals surface area contributed by atoms with Gasteiger partial charge in [0.1, 0.15) is 17.6 Å². The molecule has 1 unspecified atom stereocenters. The third kappa shape index (κ3) is 3.09. The average Bonchev–Trinajstić information content (AvgIpc) is 2.51. The van der Waals surface area contributed by atoms with E-state index < -0.39 is 12.0 Å². The summed E-state index contributed by atoms with van der Waals surface area (Å²) >= 11 is 0. The fourth-order valence-corrected chi connectivity index (χ4v) is 1.60. The lowest BCUT2D eigenvalue weighted by Gasteiger charge is -2.22. The molecule has 1 aromatic rings. The van der Waals surface area contributed by atoms with Crippen molar-refractivity contribution in [3.8, 4) is 0 Å². The number of carbonyl (C=O) groups is 1. The minimum absolute atomic E-state index is 0.449. The van der Waals surface area contributed by atoms with Gasteiger partial charge in [0.05, 0.1) is 6.54 Å². The second-order valence-corrected chi connectivity index (χ2v) is 3.69. The predicted molar refractivity (Wildman–Crippen MR) is 56.6 cm³/mol. The van der Waals surface area contributed by atoms with Gasteiger partial charge in [-0.25, -0.2) is 0 Å². The molecule has 1 rings (SSSR count). The van der Waals surface area contributed by atoms with Gasteiger partial charge in [-0.15, -0.1) is 0 Å². The molecule has 1 aromatic heterocycles. The maximum atomic E-state index is 10.9. The lowest BCUT2D eigenvalue weighted by Crippen LogP contribution is -2.37. The molecule has 0 fully saturated rings. The van der Waals surface area contributed by atoms with Gasteiger partial charge in [-0.2, -0.15) is 0 Å². The monoisotopic (exact) mass is 211 g/mol. The zero-order chi connectivity index (χ0) is 11.4. The largest absolute Gasteiger partial charge is 0.480 e. The van der Waals surface area contributed by atoms with Gasteiger partial charge >= 0.3 is 5.97 Å². The molecule has 1 N–H and O–H groups in total. The molecule has 0 saturated heterocycles. The highest BCUT2D eigenvalue weighted by molar-refractivity contribution is 5.73. The first-order valence-electron chi connectivity index (χ1n) is 5.03. The third-order valence-electron chi connectivity index (χ3n) is 2.41. The van der Waals surface area contributed by atoms with Gasteiger partial charge in [0, 0.05) is 0 Å². The van der Waals surface area contributed by atoms with Gasteiger partial charge in [0.2, 0.25) is 0 Å². The highest BCUT2D eigenvalue weighted by Crippen LogP contribution is 2.11. The quantitative estimate of drug-likeness (QED) is 0.808. The second-order valence-electron chi connectivity index (χ2n) is 3.69. The fraction of sp³-hybridized carbons (Fsp3) is 0.545. The Morgan fingerprint density at radius 3 is 2.67 bits per heavy atom. The molecule has 0 bridgehead atoms. The van der Waals surface area contributed by atoms with Gasteiger partial charge in [-0.05, 0) is 32.5 Å². The standard InChI is InChI=1S/C11H17NO3/c1-4-10(11(13)14)12(3)7-9-6-5-8(2)15-9/h5-6,10H,4,7H2,1-3H3,(H,13,14). The van der Waals surface area contributed by atoms with Gasteiger partial charge < -0.3 is 9.52 Å². The van der Waals surface area contributed by atoms with Gasteiger partial charge in [0.25, 0.3) is 0 Å². The summed E-state index contributed by atoms with van der Waals surface area (Å²) in [6, 6.07) is 3.31. The first-order valence-corrected chi connectivity index (χ1v) is 5.03. The van der Waals surface area contributed by atoms with Crippen molar-refractivity contribution in [1.29, 1.82) is 0 Å². The highest BCUT2D eigenvalue weighted by atomic mass is 16.4. The lowest BCUT2D eigenvalue weighted by molar-refractivity contribution is -0.143. The van der Waals surface area contributed by atoms with Crippen LogP contribution >= 0.6 is 0 Å². The van der Waals surface area contributed by atoms with Crippen LogP contribution in [0.5, 0.6) is 0 Å². The Balaban J connectivity index is 2.61. The summed E-state index contributed by atoms with van der Waals surface area (Å²) in [7, 11) is 1.79. The molecular weight excluding hydrogens is 194 g/mol. The number of rotatable bonds is 5. The van der Waals surface area contributed by atoms with Crippen LogP contribution in [0.2, 0.25) is 0 Å². The number of hydrogen-bond donors (Lipinski definition) is 1. The molecule has 4 heteroatoms. The normalized spacial score (nSPS) is 13.1. The van der Waals surface area contributed by atoms with Crippen molar-refractivity contribution in [2.24, 2.45) is 0 Å². The number of hydrogen-bond acceptors (Lipinski definition) is 3. The smallest absolute Gasteiger partial charge is 0.320 e. The van der Waals surface area contributed by atoms with E-state index in [1.807, 2.05) is 26.0 Å². The van der Waals surface area contributed by atoms with Crippen molar-refractivity contribution >= 4 is 5.97 Å². The molecule has 0 aromatic carbocycles. The molecular formula is C11H17NO3. The fourth-order valence-electron chi connectivity index (χ4n) is 1.60. The highest BCUT2D eigenvalue weighted by Gasteiger charge is 2.20. The van der Waals surface area contributed by atoms with Crippen molar-refractivity contribution in [2.45, 2.75) is 32.9 Å². The van der Waals surface area contributed by atoms with Crippen LogP contribution in [0.25, 0.3) is 0 Å². The van der Waals surface area contributed by atoms with Gasteiger partial charge in [-0.1, -0.05) is 6.92 Å². The minimum atomic E-state index is -0.789. The van der Waals surface area contributed by atoms with Crippen LogP contribution in [-0.4, -0.2) is 29.1 Å². The van der Waals surface area contributed by atoms with Crippen LogP contribution in [0.3, 0.4) is 0 Å². The number of nitrogens with zero attached hydrogens (tertiary/aromatic N) is 1. The molecule has 0 aliphatic heterocycles. The Morgan fingerprint density at radius 1 is 1.60 bits per heavy atom. The number of carboxylic acid groups (broad SMARTS) is 1. The molecule has 0 aliphatic rings. The molecule has 4 nitrogen and oxygen atoms in total. The Kier molecular flexibility index (Phi) is 3.91. The first kappa shape index (κ1) is 11.8. The first-order chi connectivity index (χ1) is 7.04. The van der Waals surface area contributed by atoms with Crippen molar-refractivity contribution in [3.63, 3.8) is 0 Å². The molecule has 84 valence electrons. The lowest BCUT2D eigenvalue weighted by atomic mass is 10.2. The van der Waals surface area contributed by atoms with Crippen molar-refractivity contribution in [1.82, 2.24) is 4.90 Å². The Labute approximate surface area is 89.5 Å². The number of likely N-dealkylation sites (N-methyl/N-ethyl adjacent to an activating group) is 1. The van der Waals surface area contributed by atoms with Crippen molar-refractivity contribution in [3.05, 3.63) is 23.7 Å². The molecule has 15 heavy (non-hydrogen) atoms. The number of furan rings is 1. The topological polar surface area (TPSA) is 53.7 Å². The summed E-state index contributed by atoms with van der Waals surface area (Å²) in [6.45, 7) is 4.26. The number of carboxylic acids is 1. The zero-order valence-corrected chi connectivity index (χ0v) is 9.36. The van der Waals surface area contributed by atoms with E-state index in [0.717, 1.165) is 11.5 Å². The van der Waals surface area contributed by atoms with Crippen molar-refractivity contribution < 1.29 is 14.3 Å². The van der Waals surface area contributed by atoms with E-state index in [2.05, 4.69) is 0 Å². The number of aliphatic carboxylic acids is 1. The molecule has 0 radical (unpaired) electrons. The van der Waals surface area contributed by atoms with E-state index in [0.29, 0.717) is 13.0 Å². The Hall–Kier alpha value is -1.29. The molecule has 1 atom stereocenters. The van der Waals surface area contributed by atoms with Crippen LogP contribution in [-0.2, 0) is 11.3 Å². The summed E-state index contributed by atoms with van der Waals surface area (Å²) in [4.78, 5) is 12.7. The Bertz CT molecular complexity index is 332. The maximum absolute atomic E-state index is 10.9. The van der Waals surface area contributed by atoms with E-state index in [-0.39, 0.29) is 0 Å². The van der Waals surface area contributed by atoms with Crippen LogP contribution < -0.4 is 0 Å². The summed E-state index contributed by atoms with van der Waals surface area (Å²) in [5.41, 5.74) is 0. The molecule has 0 saturated carbocycles. The average molecular weight is 211 g/mol. The summed E-state index contributed by atoms with van der Waals surface area (Å²) < 4.78 is 5.39. The van der Waals surface area contributed by atoms with Crippen LogP contribution in [0.4, 0.5) is 0 Å². The SMILES string of the molecule is CCC(C(=O)O)N(C)Cc1ccc(C)o1. The van der Waals surface area contributed by atoms with E-state index in [1.54, 1.807) is 11.9 Å². The molecule has 0 amide bonds. The van der Waals surface area contributed by atoms with E-state index in [1.165, 1.54) is 0 Å². The minimum Gasteiger partial charge on any atom is -0.480 e. The second kappa shape index (κ2) is 4.98. The molecule has 0 aliphatic carbocycles. The van der Waals surface area contributed by atoms with Gasteiger partial charge in [-0.3, -0.25) is 9.69 Å². The summed E-state index contributed by atoms with van der Waals surface area (Å²) in [6.07, 6.45) is 0.589. The summed E-state index contributed by atoms with van der Waals surface area (Å²) in [5.74, 6) is 0.861. The third-order valence-corrected chi connectivity index (χ3v) is 2.41. The van der Waals surface area contributed by atoms with Crippen LogP contribution in [0.15, 0.2) is 16.5 Å². The van der Waals surface area contributed by atoms with E-state index in [4.69, 9.17) is 9.52 Å². The number of aryl methyl sites for hydroxylation is 1.